The number of likely N-dealkylation sites (N-methyl/N-ethyl adjacent to an activating group) is 1. The van der Waals surface area contributed by atoms with Gasteiger partial charge in [0.25, 0.3) is 5.91 Å². The number of carbonyl (C=O) groups excluding carboxylic acids is 1. The second-order valence-electron chi connectivity index (χ2n) is 2.96. The summed E-state index contributed by atoms with van der Waals surface area (Å²) in [5, 5.41) is 5.97. The monoisotopic (exact) mass is 214 g/mol. The molecular weight excluding hydrogens is 200 g/mol. The predicted molar refractivity (Wildman–Crippen MR) is 55.4 cm³/mol. The number of nitrogens with zero attached hydrogens (tertiary/aromatic N) is 2. The highest BCUT2D eigenvalue weighted by molar-refractivity contribution is 6.99. The van der Waals surface area contributed by atoms with E-state index >= 15 is 0 Å². The third-order valence-corrected chi connectivity index (χ3v) is 2.19. The fourth-order valence-electron chi connectivity index (χ4n) is 1.02. The molecular formula is C8H14N4OS. The molecule has 14 heavy (non-hydrogen) atoms. The zero-order valence-electron chi connectivity index (χ0n) is 8.28. The van der Waals surface area contributed by atoms with Gasteiger partial charge in [0.1, 0.15) is 0 Å². The highest BCUT2D eigenvalue weighted by atomic mass is 32.1. The maximum atomic E-state index is 11.4. The molecule has 0 aliphatic rings. The van der Waals surface area contributed by atoms with Gasteiger partial charge in [-0.3, -0.25) is 4.79 Å². The Hall–Kier alpha value is -1.01. The molecule has 1 atom stereocenters. The Balaban J connectivity index is 2.28. The Morgan fingerprint density at radius 2 is 2.50 bits per heavy atom. The highest BCUT2D eigenvalue weighted by Gasteiger charge is 2.08. The van der Waals surface area contributed by atoms with Gasteiger partial charge in [0.2, 0.25) is 0 Å². The Labute approximate surface area is 87.2 Å². The van der Waals surface area contributed by atoms with Crippen molar-refractivity contribution in [2.75, 3.05) is 13.1 Å². The molecule has 0 radical (unpaired) electrons. The first kappa shape index (κ1) is 11.1. The summed E-state index contributed by atoms with van der Waals surface area (Å²) in [6.45, 7) is 5.55. The average molecular weight is 214 g/mol. The van der Waals surface area contributed by atoms with Crippen LogP contribution in [0.25, 0.3) is 0 Å². The van der Waals surface area contributed by atoms with Crippen LogP contribution in [0.3, 0.4) is 0 Å². The Bertz CT molecular complexity index is 275. The second kappa shape index (κ2) is 5.66. The van der Waals surface area contributed by atoms with Gasteiger partial charge in [-0.2, -0.15) is 8.75 Å². The molecule has 1 heterocycles. The molecule has 1 aromatic heterocycles. The average Bonchev–Trinajstić information content (AvgIpc) is 2.67. The molecule has 78 valence electrons. The van der Waals surface area contributed by atoms with Crippen molar-refractivity contribution in [1.82, 2.24) is 19.4 Å². The van der Waals surface area contributed by atoms with E-state index in [2.05, 4.69) is 19.4 Å². The van der Waals surface area contributed by atoms with Gasteiger partial charge < -0.3 is 10.6 Å². The second-order valence-corrected chi connectivity index (χ2v) is 3.52. The first-order valence-electron chi connectivity index (χ1n) is 4.53. The zero-order chi connectivity index (χ0) is 10.4. The molecule has 0 saturated heterocycles. The maximum absolute atomic E-state index is 11.4. The van der Waals surface area contributed by atoms with E-state index in [0.717, 1.165) is 18.3 Å². The molecule has 0 saturated carbocycles. The van der Waals surface area contributed by atoms with Crippen LogP contribution in [-0.4, -0.2) is 33.8 Å². The van der Waals surface area contributed by atoms with Gasteiger partial charge in [0.05, 0.1) is 17.9 Å². The molecule has 0 aliphatic carbocycles. The minimum atomic E-state index is -0.163. The SMILES string of the molecule is CCN[C@H](C)CNC(=O)c1cnsn1. The normalized spacial score (nSPS) is 12.4. The fraction of sp³-hybridized carbons (Fsp3) is 0.625. The number of hydrogen-bond acceptors (Lipinski definition) is 5. The van der Waals surface area contributed by atoms with Crippen molar-refractivity contribution < 1.29 is 4.79 Å². The van der Waals surface area contributed by atoms with E-state index in [1.165, 1.54) is 6.20 Å². The van der Waals surface area contributed by atoms with Crippen molar-refractivity contribution in [3.8, 4) is 0 Å². The molecule has 6 heteroatoms. The van der Waals surface area contributed by atoms with E-state index in [-0.39, 0.29) is 11.9 Å². The van der Waals surface area contributed by atoms with Crippen LogP contribution >= 0.6 is 11.7 Å². The van der Waals surface area contributed by atoms with Crippen LogP contribution in [0, 0.1) is 0 Å². The maximum Gasteiger partial charge on any atom is 0.272 e. The molecule has 2 N–H and O–H groups in total. The first-order valence-corrected chi connectivity index (χ1v) is 5.26. The molecule has 1 aromatic rings. The highest BCUT2D eigenvalue weighted by Crippen LogP contribution is 1.94. The third-order valence-electron chi connectivity index (χ3n) is 1.72. The summed E-state index contributed by atoms with van der Waals surface area (Å²) in [6, 6.07) is 0.274. The lowest BCUT2D eigenvalue weighted by molar-refractivity contribution is 0.0946. The van der Waals surface area contributed by atoms with Crippen molar-refractivity contribution in [1.29, 1.82) is 0 Å². The van der Waals surface area contributed by atoms with Crippen molar-refractivity contribution in [2.24, 2.45) is 0 Å². The van der Waals surface area contributed by atoms with Gasteiger partial charge >= 0.3 is 0 Å². The Morgan fingerprint density at radius 1 is 1.71 bits per heavy atom. The molecule has 0 fully saturated rings. The van der Waals surface area contributed by atoms with E-state index < -0.39 is 0 Å². The van der Waals surface area contributed by atoms with Gasteiger partial charge in [-0.25, -0.2) is 0 Å². The summed E-state index contributed by atoms with van der Waals surface area (Å²) < 4.78 is 7.60. The summed E-state index contributed by atoms with van der Waals surface area (Å²) >= 11 is 1.04. The molecule has 1 amide bonds. The number of amides is 1. The lowest BCUT2D eigenvalue weighted by Crippen LogP contribution is -2.38. The van der Waals surface area contributed by atoms with Crippen LogP contribution in [0.5, 0.6) is 0 Å². The number of aromatic nitrogens is 2. The van der Waals surface area contributed by atoms with Gasteiger partial charge in [0, 0.05) is 12.6 Å². The standard InChI is InChI=1S/C8H14N4OS/c1-3-9-6(2)4-10-8(13)7-5-11-14-12-7/h5-6,9H,3-4H2,1-2H3,(H,10,13)/t6-/m1/s1. The Kier molecular flexibility index (Phi) is 4.48. The number of nitrogens with one attached hydrogen (secondary N) is 2. The molecule has 0 unspecified atom stereocenters. The Morgan fingerprint density at radius 3 is 3.07 bits per heavy atom. The van der Waals surface area contributed by atoms with E-state index in [4.69, 9.17) is 0 Å². The quantitative estimate of drug-likeness (QED) is 0.738. The zero-order valence-corrected chi connectivity index (χ0v) is 9.10. The van der Waals surface area contributed by atoms with Crippen molar-refractivity contribution in [3.63, 3.8) is 0 Å². The van der Waals surface area contributed by atoms with Gasteiger partial charge in [0.15, 0.2) is 5.69 Å². The summed E-state index contributed by atoms with van der Waals surface area (Å²) in [7, 11) is 0. The van der Waals surface area contributed by atoms with Crippen LogP contribution in [0.2, 0.25) is 0 Å². The van der Waals surface area contributed by atoms with Crippen LogP contribution < -0.4 is 10.6 Å². The number of rotatable bonds is 5. The predicted octanol–water partition coefficient (Wildman–Crippen LogP) is 0.266. The van der Waals surface area contributed by atoms with Gasteiger partial charge in [-0.05, 0) is 13.5 Å². The molecule has 0 spiro atoms. The van der Waals surface area contributed by atoms with Crippen molar-refractivity contribution in [3.05, 3.63) is 11.9 Å². The number of hydrogen-bond donors (Lipinski definition) is 2. The fourth-order valence-corrected chi connectivity index (χ4v) is 1.43. The smallest absolute Gasteiger partial charge is 0.272 e. The summed E-state index contributed by atoms with van der Waals surface area (Å²) in [5.74, 6) is -0.163. The van der Waals surface area contributed by atoms with Gasteiger partial charge in [-0.1, -0.05) is 6.92 Å². The van der Waals surface area contributed by atoms with Crippen LogP contribution in [-0.2, 0) is 0 Å². The first-order chi connectivity index (χ1) is 6.74. The minimum absolute atomic E-state index is 0.163. The number of carbonyl (C=O) groups is 1. The lowest BCUT2D eigenvalue weighted by Gasteiger charge is -2.12. The van der Waals surface area contributed by atoms with Crippen molar-refractivity contribution in [2.45, 2.75) is 19.9 Å². The molecule has 1 rings (SSSR count). The molecule has 0 aromatic carbocycles. The van der Waals surface area contributed by atoms with Crippen LogP contribution in [0.1, 0.15) is 24.3 Å². The van der Waals surface area contributed by atoms with E-state index in [9.17, 15) is 4.79 Å². The van der Waals surface area contributed by atoms with Crippen LogP contribution in [0.15, 0.2) is 6.20 Å². The summed E-state index contributed by atoms with van der Waals surface area (Å²) in [5.41, 5.74) is 0.388. The van der Waals surface area contributed by atoms with Gasteiger partial charge in [-0.15, -0.1) is 0 Å². The largest absolute Gasteiger partial charge is 0.349 e. The van der Waals surface area contributed by atoms with E-state index in [1.807, 2.05) is 13.8 Å². The lowest BCUT2D eigenvalue weighted by atomic mass is 10.3. The third kappa shape index (κ3) is 3.39. The van der Waals surface area contributed by atoms with Crippen LogP contribution in [0.4, 0.5) is 0 Å². The minimum Gasteiger partial charge on any atom is -0.349 e. The summed E-state index contributed by atoms with van der Waals surface area (Å²) in [6.07, 6.45) is 1.47. The molecule has 0 bridgehead atoms. The van der Waals surface area contributed by atoms with E-state index in [0.29, 0.717) is 12.2 Å². The van der Waals surface area contributed by atoms with E-state index in [1.54, 1.807) is 0 Å². The topological polar surface area (TPSA) is 66.9 Å². The summed E-state index contributed by atoms with van der Waals surface area (Å²) in [4.78, 5) is 11.4. The molecule has 0 aliphatic heterocycles. The van der Waals surface area contributed by atoms with Crippen molar-refractivity contribution >= 4 is 17.6 Å². The molecule has 5 nitrogen and oxygen atoms in total.